The van der Waals surface area contributed by atoms with Crippen molar-refractivity contribution in [1.29, 1.82) is 0 Å². The highest BCUT2D eigenvalue weighted by atomic mass is 16.1. The highest BCUT2D eigenvalue weighted by Crippen LogP contribution is 2.61. The van der Waals surface area contributed by atoms with E-state index in [4.69, 9.17) is 4.98 Å². The van der Waals surface area contributed by atoms with Gasteiger partial charge in [0.25, 0.3) is 0 Å². The van der Waals surface area contributed by atoms with Crippen molar-refractivity contribution in [2.75, 3.05) is 23.7 Å². The van der Waals surface area contributed by atoms with Crippen LogP contribution in [0.3, 0.4) is 0 Å². The van der Waals surface area contributed by atoms with Crippen LogP contribution in [-0.4, -0.2) is 24.0 Å². The Morgan fingerprint density at radius 1 is 0.889 bits per heavy atom. The number of carbonyl (C=O) groups is 1. The molecule has 0 atom stereocenters. The Morgan fingerprint density at radius 3 is 2.39 bits per heavy atom. The summed E-state index contributed by atoms with van der Waals surface area (Å²) >= 11 is 0. The number of benzene rings is 2. The normalized spacial score (nSPS) is 26.3. The van der Waals surface area contributed by atoms with Crippen molar-refractivity contribution in [3.05, 3.63) is 72.8 Å². The minimum absolute atomic E-state index is 0.173. The maximum absolute atomic E-state index is 13.2. The molecule has 0 spiro atoms. The van der Waals surface area contributed by atoms with Crippen LogP contribution >= 0.6 is 0 Å². The van der Waals surface area contributed by atoms with Crippen LogP contribution in [0.4, 0.5) is 11.5 Å². The summed E-state index contributed by atoms with van der Waals surface area (Å²) < 4.78 is 0. The molecule has 7 rings (SSSR count). The number of rotatable bonds is 10. The van der Waals surface area contributed by atoms with Crippen LogP contribution < -0.4 is 16.0 Å². The van der Waals surface area contributed by atoms with Crippen molar-refractivity contribution < 1.29 is 4.79 Å². The molecule has 4 aliphatic rings. The molecule has 36 heavy (non-hydrogen) atoms. The molecule has 1 aromatic heterocycles. The monoisotopic (exact) mass is 481 g/mol. The molecular formula is C31H37N4O. The van der Waals surface area contributed by atoms with Crippen molar-refractivity contribution in [1.82, 2.24) is 10.3 Å². The summed E-state index contributed by atoms with van der Waals surface area (Å²) in [6, 6.07) is 20.4. The zero-order valence-corrected chi connectivity index (χ0v) is 21.0. The Morgan fingerprint density at radius 2 is 1.64 bits per heavy atom. The molecule has 1 heterocycles. The third-order valence-electron chi connectivity index (χ3n) is 8.58. The second kappa shape index (κ2) is 10.2. The van der Waals surface area contributed by atoms with E-state index in [1.165, 1.54) is 44.1 Å². The Hall–Kier alpha value is -2.92. The second-order valence-electron chi connectivity index (χ2n) is 11.5. The fourth-order valence-electron chi connectivity index (χ4n) is 7.55. The van der Waals surface area contributed by atoms with E-state index in [-0.39, 0.29) is 11.3 Å². The van der Waals surface area contributed by atoms with Gasteiger partial charge in [0.1, 0.15) is 5.82 Å². The molecule has 4 fully saturated rings. The topological polar surface area (TPSA) is 66.0 Å². The number of fused-ring (bicyclic) bond motifs is 1. The first-order chi connectivity index (χ1) is 17.6. The van der Waals surface area contributed by atoms with Crippen molar-refractivity contribution >= 4 is 28.3 Å². The van der Waals surface area contributed by atoms with Gasteiger partial charge in [0, 0.05) is 18.4 Å². The number of aromatic nitrogens is 1. The molecule has 4 bridgehead atoms. The van der Waals surface area contributed by atoms with E-state index >= 15 is 0 Å². The number of anilines is 2. The van der Waals surface area contributed by atoms with Crippen LogP contribution in [0.5, 0.6) is 0 Å². The number of hydrogen-bond acceptors (Lipinski definition) is 4. The molecule has 5 heteroatoms. The number of amides is 1. The van der Waals surface area contributed by atoms with Crippen molar-refractivity contribution in [3.8, 4) is 0 Å². The van der Waals surface area contributed by atoms with Gasteiger partial charge < -0.3 is 16.0 Å². The number of nitrogens with zero attached hydrogens (tertiary/aromatic N) is 1. The SMILES string of the molecule is O=C(CC12CC3CC(CC(C3)C1)C2)Nc1cccc2nc(NCCCN[CH]c3ccccc3)ccc12. The molecule has 5 nitrogen and oxygen atoms in total. The maximum Gasteiger partial charge on any atom is 0.224 e. The average molecular weight is 482 g/mol. The van der Waals surface area contributed by atoms with Gasteiger partial charge in [0.05, 0.1) is 17.7 Å². The Labute approximate surface area is 214 Å². The highest BCUT2D eigenvalue weighted by Gasteiger charge is 2.51. The lowest BCUT2D eigenvalue weighted by molar-refractivity contribution is -0.124. The lowest BCUT2D eigenvalue weighted by Crippen LogP contribution is -2.47. The predicted octanol–water partition coefficient (Wildman–Crippen LogP) is 6.38. The first kappa shape index (κ1) is 23.5. The van der Waals surface area contributed by atoms with Gasteiger partial charge in [-0.2, -0.15) is 0 Å². The second-order valence-corrected chi connectivity index (χ2v) is 11.5. The fourth-order valence-corrected chi connectivity index (χ4v) is 7.55. The highest BCUT2D eigenvalue weighted by molar-refractivity contribution is 6.01. The van der Waals surface area contributed by atoms with Crippen LogP contribution in [0.15, 0.2) is 60.7 Å². The summed E-state index contributed by atoms with van der Waals surface area (Å²) in [4.78, 5) is 18.0. The van der Waals surface area contributed by atoms with E-state index in [9.17, 15) is 4.79 Å². The maximum atomic E-state index is 13.2. The standard InChI is InChI=1S/C31H37N4O/c36-30(20-31-17-23-14-24(18-31)16-25(15-23)19-31)35-28-9-4-8-27-26(28)10-11-29(34-27)33-13-5-12-32-21-22-6-2-1-3-7-22/h1-4,6-11,21,23-25,32H,5,12-20H2,(H,33,34)(H,35,36). The van der Waals surface area contributed by atoms with Crippen molar-refractivity contribution in [3.63, 3.8) is 0 Å². The Bertz CT molecular complexity index is 1170. The number of nitrogens with one attached hydrogen (secondary N) is 3. The Balaban J connectivity index is 1.02. The summed E-state index contributed by atoms with van der Waals surface area (Å²) in [5.41, 5.74) is 3.22. The van der Waals surface area contributed by atoms with Gasteiger partial charge in [-0.3, -0.25) is 4.79 Å². The summed E-state index contributed by atoms with van der Waals surface area (Å²) in [7, 11) is 0. The van der Waals surface area contributed by atoms with Gasteiger partial charge in [-0.25, -0.2) is 4.98 Å². The van der Waals surface area contributed by atoms with E-state index in [0.717, 1.165) is 59.7 Å². The zero-order valence-electron chi connectivity index (χ0n) is 21.0. The lowest BCUT2D eigenvalue weighted by atomic mass is 9.49. The molecule has 0 aliphatic heterocycles. The molecule has 0 saturated heterocycles. The lowest BCUT2D eigenvalue weighted by Gasteiger charge is -2.56. The van der Waals surface area contributed by atoms with E-state index in [2.05, 4.69) is 34.1 Å². The minimum atomic E-state index is 0.173. The van der Waals surface area contributed by atoms with Crippen molar-refractivity contribution in [2.24, 2.45) is 23.2 Å². The molecule has 2 aromatic carbocycles. The number of pyridine rings is 1. The van der Waals surface area contributed by atoms with Crippen LogP contribution in [0.25, 0.3) is 10.9 Å². The van der Waals surface area contributed by atoms with Gasteiger partial charge >= 0.3 is 0 Å². The summed E-state index contributed by atoms with van der Waals surface area (Å²) in [5, 5.41) is 11.0. The van der Waals surface area contributed by atoms with Gasteiger partial charge in [-0.1, -0.05) is 36.4 Å². The van der Waals surface area contributed by atoms with Crippen LogP contribution in [-0.2, 0) is 4.79 Å². The smallest absolute Gasteiger partial charge is 0.224 e. The number of hydrogen-bond donors (Lipinski definition) is 3. The third kappa shape index (κ3) is 5.27. The summed E-state index contributed by atoms with van der Waals surface area (Å²) in [5.74, 6) is 3.65. The molecule has 1 radical (unpaired) electrons. The molecule has 4 aliphatic carbocycles. The first-order valence-corrected chi connectivity index (χ1v) is 13.7. The summed E-state index contributed by atoms with van der Waals surface area (Å²) in [6.45, 7) is 3.79. The van der Waals surface area contributed by atoms with Crippen LogP contribution in [0.1, 0.15) is 56.9 Å². The van der Waals surface area contributed by atoms with E-state index < -0.39 is 0 Å². The van der Waals surface area contributed by atoms with E-state index in [1.807, 2.05) is 49.0 Å². The van der Waals surface area contributed by atoms with Crippen LogP contribution in [0.2, 0.25) is 0 Å². The zero-order chi connectivity index (χ0) is 24.4. The van der Waals surface area contributed by atoms with E-state index in [0.29, 0.717) is 6.42 Å². The molecule has 3 aromatic rings. The summed E-state index contributed by atoms with van der Waals surface area (Å²) in [6.07, 6.45) is 9.69. The largest absolute Gasteiger partial charge is 0.370 e. The minimum Gasteiger partial charge on any atom is -0.370 e. The molecule has 3 N–H and O–H groups in total. The third-order valence-corrected chi connectivity index (χ3v) is 8.58. The van der Waals surface area contributed by atoms with Gasteiger partial charge in [-0.05, 0) is 104 Å². The Kier molecular flexibility index (Phi) is 6.66. The number of carbonyl (C=O) groups excluding carboxylic acids is 1. The fraction of sp³-hybridized carbons (Fsp3) is 0.452. The molecule has 0 unspecified atom stereocenters. The predicted molar refractivity (Wildman–Crippen MR) is 147 cm³/mol. The van der Waals surface area contributed by atoms with Crippen LogP contribution in [0, 0.1) is 29.7 Å². The van der Waals surface area contributed by atoms with Gasteiger partial charge in [0.2, 0.25) is 5.91 Å². The quantitative estimate of drug-likeness (QED) is 0.294. The molecule has 4 saturated carbocycles. The van der Waals surface area contributed by atoms with Gasteiger partial charge in [0.15, 0.2) is 0 Å². The molecule has 187 valence electrons. The van der Waals surface area contributed by atoms with E-state index in [1.54, 1.807) is 0 Å². The molecule has 1 amide bonds. The van der Waals surface area contributed by atoms with Gasteiger partial charge in [-0.15, -0.1) is 0 Å². The first-order valence-electron chi connectivity index (χ1n) is 13.7. The van der Waals surface area contributed by atoms with Crippen molar-refractivity contribution in [2.45, 2.75) is 51.4 Å². The average Bonchev–Trinajstić information content (AvgIpc) is 2.85. The molecular weight excluding hydrogens is 444 g/mol.